The number of nitrogens with two attached hydrogens (primary N) is 1. The van der Waals surface area contributed by atoms with E-state index >= 15 is 0 Å². The Kier molecular flexibility index (Phi) is 4.61. The quantitative estimate of drug-likeness (QED) is 0.893. The Bertz CT molecular complexity index is 419. The van der Waals surface area contributed by atoms with E-state index in [2.05, 4.69) is 20.8 Å². The second kappa shape index (κ2) is 5.56. The van der Waals surface area contributed by atoms with Crippen LogP contribution >= 0.6 is 11.6 Å². The molecular formula is C14H20ClNO. The van der Waals surface area contributed by atoms with Gasteiger partial charge in [-0.05, 0) is 17.5 Å². The fourth-order valence-electron chi connectivity index (χ4n) is 1.72. The van der Waals surface area contributed by atoms with Crippen molar-refractivity contribution < 1.29 is 4.74 Å². The molecule has 1 aromatic carbocycles. The summed E-state index contributed by atoms with van der Waals surface area (Å²) in [7, 11) is 1.68. The molecule has 0 atom stereocenters. The van der Waals surface area contributed by atoms with Crippen LogP contribution in [0.4, 0.5) is 0 Å². The normalized spacial score (nSPS) is 12.1. The van der Waals surface area contributed by atoms with Crippen molar-refractivity contribution in [3.63, 3.8) is 0 Å². The van der Waals surface area contributed by atoms with Gasteiger partial charge in [0.15, 0.2) is 0 Å². The largest absolute Gasteiger partial charge is 0.496 e. The maximum absolute atomic E-state index is 6.14. The first kappa shape index (κ1) is 14.1. The van der Waals surface area contributed by atoms with Crippen LogP contribution < -0.4 is 10.5 Å². The maximum Gasteiger partial charge on any atom is 0.129 e. The second-order valence-corrected chi connectivity index (χ2v) is 5.40. The molecule has 0 aromatic heterocycles. The molecule has 0 amide bonds. The SMILES string of the molecule is COc1c(/C=C/CN)cc(Cl)cc1C(C)(C)C. The lowest BCUT2D eigenvalue weighted by molar-refractivity contribution is 0.396. The van der Waals surface area contributed by atoms with Gasteiger partial charge in [0.1, 0.15) is 5.75 Å². The smallest absolute Gasteiger partial charge is 0.129 e. The van der Waals surface area contributed by atoms with Crippen molar-refractivity contribution in [1.82, 2.24) is 0 Å². The minimum Gasteiger partial charge on any atom is -0.496 e. The van der Waals surface area contributed by atoms with Crippen LogP contribution in [-0.4, -0.2) is 13.7 Å². The molecule has 0 unspecified atom stereocenters. The minimum atomic E-state index is -0.0124. The van der Waals surface area contributed by atoms with Crippen molar-refractivity contribution in [3.8, 4) is 5.75 Å². The molecule has 0 aliphatic rings. The minimum absolute atomic E-state index is 0.0124. The highest BCUT2D eigenvalue weighted by molar-refractivity contribution is 6.30. The van der Waals surface area contributed by atoms with Gasteiger partial charge in [0, 0.05) is 22.7 Å². The molecule has 0 saturated heterocycles. The van der Waals surface area contributed by atoms with Crippen molar-refractivity contribution in [2.45, 2.75) is 26.2 Å². The topological polar surface area (TPSA) is 35.2 Å². The molecule has 0 fully saturated rings. The van der Waals surface area contributed by atoms with E-state index in [1.54, 1.807) is 7.11 Å². The van der Waals surface area contributed by atoms with Crippen LogP contribution in [0.2, 0.25) is 5.02 Å². The standard InChI is InChI=1S/C14H20ClNO/c1-14(2,3)12-9-11(15)8-10(6-5-7-16)13(12)17-4/h5-6,8-9H,7,16H2,1-4H3/b6-5+. The predicted molar refractivity (Wildman–Crippen MR) is 74.8 cm³/mol. The molecule has 0 aliphatic carbocycles. The van der Waals surface area contributed by atoms with E-state index in [9.17, 15) is 0 Å². The summed E-state index contributed by atoms with van der Waals surface area (Å²) < 4.78 is 5.50. The molecular weight excluding hydrogens is 234 g/mol. The van der Waals surface area contributed by atoms with Crippen molar-refractivity contribution in [2.24, 2.45) is 5.73 Å². The Hall–Kier alpha value is -0.990. The molecule has 94 valence electrons. The van der Waals surface area contributed by atoms with Crippen molar-refractivity contribution in [1.29, 1.82) is 0 Å². The molecule has 0 bridgehead atoms. The highest BCUT2D eigenvalue weighted by Gasteiger charge is 2.21. The van der Waals surface area contributed by atoms with E-state index in [-0.39, 0.29) is 5.41 Å². The Morgan fingerprint density at radius 2 is 2.00 bits per heavy atom. The Morgan fingerprint density at radius 3 is 2.47 bits per heavy atom. The number of rotatable bonds is 3. The summed E-state index contributed by atoms with van der Waals surface area (Å²) >= 11 is 6.14. The van der Waals surface area contributed by atoms with Crippen LogP contribution in [0.1, 0.15) is 31.9 Å². The molecule has 0 heterocycles. The number of hydrogen-bond donors (Lipinski definition) is 1. The van der Waals surface area contributed by atoms with Crippen molar-refractivity contribution in [3.05, 3.63) is 34.4 Å². The number of ether oxygens (including phenoxy) is 1. The van der Waals surface area contributed by atoms with E-state index in [1.165, 1.54) is 0 Å². The summed E-state index contributed by atoms with van der Waals surface area (Å²) in [6.07, 6.45) is 3.83. The van der Waals surface area contributed by atoms with Crippen LogP contribution in [0.5, 0.6) is 5.75 Å². The van der Waals surface area contributed by atoms with E-state index in [0.29, 0.717) is 11.6 Å². The van der Waals surface area contributed by atoms with Gasteiger partial charge in [-0.1, -0.05) is 44.5 Å². The third-order valence-electron chi connectivity index (χ3n) is 2.53. The fraction of sp³-hybridized carbons (Fsp3) is 0.429. The number of methoxy groups -OCH3 is 1. The molecule has 2 N–H and O–H groups in total. The van der Waals surface area contributed by atoms with Crippen LogP contribution in [0, 0.1) is 0 Å². The van der Waals surface area contributed by atoms with Gasteiger partial charge in [-0.2, -0.15) is 0 Å². The lowest BCUT2D eigenvalue weighted by Gasteiger charge is -2.23. The number of halogens is 1. The third kappa shape index (κ3) is 3.48. The van der Waals surface area contributed by atoms with Crippen LogP contribution in [0.25, 0.3) is 6.08 Å². The summed E-state index contributed by atoms with van der Waals surface area (Å²) in [5.74, 6) is 0.867. The Balaban J connectivity index is 3.40. The Labute approximate surface area is 108 Å². The summed E-state index contributed by atoms with van der Waals surface area (Å²) in [6, 6.07) is 3.85. The fourth-order valence-corrected chi connectivity index (χ4v) is 1.95. The van der Waals surface area contributed by atoms with E-state index in [1.807, 2.05) is 24.3 Å². The second-order valence-electron chi connectivity index (χ2n) is 4.96. The molecule has 1 aromatic rings. The van der Waals surface area contributed by atoms with Crippen molar-refractivity contribution >= 4 is 17.7 Å². The monoisotopic (exact) mass is 253 g/mol. The summed E-state index contributed by atoms with van der Waals surface area (Å²) in [5, 5.41) is 0.715. The zero-order valence-corrected chi connectivity index (χ0v) is 11.6. The van der Waals surface area contributed by atoms with Gasteiger partial charge in [-0.25, -0.2) is 0 Å². The van der Waals surface area contributed by atoms with Gasteiger partial charge in [0.05, 0.1) is 7.11 Å². The molecule has 3 heteroatoms. The average Bonchev–Trinajstić information content (AvgIpc) is 2.24. The van der Waals surface area contributed by atoms with E-state index < -0.39 is 0 Å². The van der Waals surface area contributed by atoms with Crippen LogP contribution in [0.15, 0.2) is 18.2 Å². The Morgan fingerprint density at radius 1 is 1.35 bits per heavy atom. The van der Waals surface area contributed by atoms with Crippen LogP contribution in [-0.2, 0) is 5.41 Å². The predicted octanol–water partition coefficient (Wildman–Crippen LogP) is 3.62. The highest BCUT2D eigenvalue weighted by atomic mass is 35.5. The molecule has 0 saturated carbocycles. The third-order valence-corrected chi connectivity index (χ3v) is 2.75. The molecule has 2 nitrogen and oxygen atoms in total. The lowest BCUT2D eigenvalue weighted by Crippen LogP contribution is -2.13. The molecule has 17 heavy (non-hydrogen) atoms. The summed E-state index contributed by atoms with van der Waals surface area (Å²) in [4.78, 5) is 0. The highest BCUT2D eigenvalue weighted by Crippen LogP contribution is 2.37. The van der Waals surface area contributed by atoms with Gasteiger partial charge in [-0.15, -0.1) is 0 Å². The van der Waals surface area contributed by atoms with Gasteiger partial charge < -0.3 is 10.5 Å². The van der Waals surface area contributed by atoms with Crippen LogP contribution in [0.3, 0.4) is 0 Å². The van der Waals surface area contributed by atoms with Gasteiger partial charge in [0.25, 0.3) is 0 Å². The first-order valence-corrected chi connectivity index (χ1v) is 6.02. The average molecular weight is 254 g/mol. The van der Waals surface area contributed by atoms with Crippen molar-refractivity contribution in [2.75, 3.05) is 13.7 Å². The van der Waals surface area contributed by atoms with Gasteiger partial charge in [0.2, 0.25) is 0 Å². The number of hydrogen-bond acceptors (Lipinski definition) is 2. The maximum atomic E-state index is 6.14. The molecule has 0 aliphatic heterocycles. The molecule has 0 radical (unpaired) electrons. The first-order chi connectivity index (χ1) is 7.90. The van der Waals surface area contributed by atoms with Gasteiger partial charge in [-0.3, -0.25) is 0 Å². The summed E-state index contributed by atoms with van der Waals surface area (Å²) in [6.45, 7) is 6.91. The zero-order chi connectivity index (χ0) is 13.1. The number of benzene rings is 1. The van der Waals surface area contributed by atoms with Gasteiger partial charge >= 0.3 is 0 Å². The molecule has 0 spiro atoms. The lowest BCUT2D eigenvalue weighted by atomic mass is 9.85. The molecule has 1 rings (SSSR count). The van der Waals surface area contributed by atoms with E-state index in [4.69, 9.17) is 22.1 Å². The first-order valence-electron chi connectivity index (χ1n) is 5.64. The van der Waals surface area contributed by atoms with E-state index in [0.717, 1.165) is 16.9 Å². The summed E-state index contributed by atoms with van der Waals surface area (Å²) in [5.41, 5.74) is 7.53. The zero-order valence-electron chi connectivity index (χ0n) is 10.9.